The molecule has 2 heterocycles. The van der Waals surface area contributed by atoms with E-state index in [0.29, 0.717) is 12.1 Å². The minimum absolute atomic E-state index is 0.125. The van der Waals surface area contributed by atoms with Crippen molar-refractivity contribution in [3.8, 4) is 11.1 Å². The predicted molar refractivity (Wildman–Crippen MR) is 108 cm³/mol. The van der Waals surface area contributed by atoms with Crippen LogP contribution in [0.1, 0.15) is 30.9 Å². The van der Waals surface area contributed by atoms with Gasteiger partial charge >= 0.3 is 0 Å². The number of hydrogen-bond donors (Lipinski definition) is 2. The number of amides is 1. The molecule has 0 radical (unpaired) electrons. The Labute approximate surface area is 169 Å². The fourth-order valence-corrected chi connectivity index (χ4v) is 4.18. The molecule has 1 aromatic heterocycles. The Hall–Kier alpha value is -2.78. The van der Waals surface area contributed by atoms with E-state index in [4.69, 9.17) is 10.0 Å². The Balaban J connectivity index is 1.74. The van der Waals surface area contributed by atoms with E-state index in [1.54, 1.807) is 6.20 Å². The number of carbonyl (C=O) groups excluding carboxylic acids is 1. The molecule has 0 aliphatic carbocycles. The highest BCUT2D eigenvalue weighted by atomic mass is 32.2. The van der Waals surface area contributed by atoms with Gasteiger partial charge in [-0.3, -0.25) is 15.0 Å². The van der Waals surface area contributed by atoms with Crippen molar-refractivity contribution in [2.45, 2.75) is 37.5 Å². The predicted octanol–water partition coefficient (Wildman–Crippen LogP) is 2.25. The van der Waals surface area contributed by atoms with Crippen molar-refractivity contribution >= 4 is 21.5 Å². The fraction of sp³-hybridized carbons (Fsp3) is 0.350. The van der Waals surface area contributed by atoms with Gasteiger partial charge in [-0.2, -0.15) is 0 Å². The fourth-order valence-electron chi connectivity index (χ4n) is 3.31. The molecule has 0 spiro atoms. The van der Waals surface area contributed by atoms with Crippen LogP contribution >= 0.6 is 0 Å². The van der Waals surface area contributed by atoms with Crippen LogP contribution in [0.5, 0.6) is 0 Å². The van der Waals surface area contributed by atoms with Crippen LogP contribution in [0.4, 0.5) is 0 Å². The molecule has 1 aliphatic rings. The van der Waals surface area contributed by atoms with Gasteiger partial charge in [-0.25, -0.2) is 13.9 Å². The molecule has 3 rings (SSSR count). The molecule has 2 aromatic rings. The number of hydrogen-bond acceptors (Lipinski definition) is 7. The molecular formula is C20H23N3O5S. The molecule has 2 N–H and O–H groups in total. The monoisotopic (exact) mass is 417 g/mol. The van der Waals surface area contributed by atoms with Gasteiger partial charge in [0, 0.05) is 31.5 Å². The van der Waals surface area contributed by atoms with E-state index in [2.05, 4.69) is 10.1 Å². The maximum Gasteiger partial charge on any atom is 0.264 e. The van der Waals surface area contributed by atoms with E-state index < -0.39 is 26.6 Å². The van der Waals surface area contributed by atoms with Crippen LogP contribution in [0.15, 0.2) is 47.9 Å². The standard InChI is InChI=1S/C20H23N3O5S/c1-13-12-21-9-8-17(13)14-4-6-15(7-5-14)18-10-16(28-23-18)11-20(2,19(24)22-25)29(3,26)27/h4-9,12,16,25H,10-11H2,1-3H3,(H,22,24)/t16-,20-/m1/s1. The van der Waals surface area contributed by atoms with Gasteiger partial charge in [-0.1, -0.05) is 29.4 Å². The molecule has 154 valence electrons. The van der Waals surface area contributed by atoms with Crippen molar-refractivity contribution in [2.75, 3.05) is 6.26 Å². The number of carbonyl (C=O) groups is 1. The Bertz CT molecular complexity index is 1050. The Morgan fingerprint density at radius 2 is 1.93 bits per heavy atom. The van der Waals surface area contributed by atoms with Gasteiger partial charge in [0.2, 0.25) is 0 Å². The Morgan fingerprint density at radius 3 is 2.52 bits per heavy atom. The highest BCUT2D eigenvalue weighted by Gasteiger charge is 2.47. The summed E-state index contributed by atoms with van der Waals surface area (Å²) in [5, 5.41) is 13.0. The van der Waals surface area contributed by atoms with Crippen molar-refractivity contribution in [1.82, 2.24) is 10.5 Å². The number of aromatic nitrogens is 1. The summed E-state index contributed by atoms with van der Waals surface area (Å²) in [5.74, 6) is -0.992. The van der Waals surface area contributed by atoms with Crippen LogP contribution in [0.3, 0.4) is 0 Å². The number of rotatable bonds is 6. The molecule has 0 saturated heterocycles. The molecule has 1 aromatic carbocycles. The molecule has 0 bridgehead atoms. The first-order valence-electron chi connectivity index (χ1n) is 9.04. The quantitative estimate of drug-likeness (QED) is 0.550. The topological polar surface area (TPSA) is 118 Å². The molecule has 0 saturated carbocycles. The van der Waals surface area contributed by atoms with Gasteiger partial charge in [0.25, 0.3) is 5.91 Å². The number of nitrogens with one attached hydrogen (secondary N) is 1. The van der Waals surface area contributed by atoms with Crippen LogP contribution in [-0.2, 0) is 19.5 Å². The van der Waals surface area contributed by atoms with Crippen LogP contribution in [0.25, 0.3) is 11.1 Å². The summed E-state index contributed by atoms with van der Waals surface area (Å²) in [7, 11) is -3.79. The SMILES string of the molecule is Cc1cnccc1-c1ccc(C2=NO[C@@H](C[C@](C)(C(=O)NO)S(C)(=O)=O)C2)cc1. The third-order valence-electron chi connectivity index (χ3n) is 5.30. The zero-order valence-electron chi connectivity index (χ0n) is 16.4. The zero-order valence-corrected chi connectivity index (χ0v) is 17.2. The lowest BCUT2D eigenvalue weighted by molar-refractivity contribution is -0.132. The summed E-state index contributed by atoms with van der Waals surface area (Å²) in [6, 6.07) is 9.77. The van der Waals surface area contributed by atoms with Gasteiger partial charge in [-0.15, -0.1) is 0 Å². The first-order chi connectivity index (χ1) is 13.7. The van der Waals surface area contributed by atoms with Crippen molar-refractivity contribution in [3.63, 3.8) is 0 Å². The lowest BCUT2D eigenvalue weighted by Crippen LogP contribution is -2.51. The van der Waals surface area contributed by atoms with E-state index in [9.17, 15) is 13.2 Å². The number of oxime groups is 1. The lowest BCUT2D eigenvalue weighted by Gasteiger charge is -2.26. The van der Waals surface area contributed by atoms with E-state index in [-0.39, 0.29) is 6.42 Å². The summed E-state index contributed by atoms with van der Waals surface area (Å²) in [6.07, 6.45) is 4.15. The first kappa shape index (κ1) is 20.9. The van der Waals surface area contributed by atoms with Crippen molar-refractivity contribution in [2.24, 2.45) is 5.16 Å². The molecule has 9 heteroatoms. The first-order valence-corrected chi connectivity index (χ1v) is 10.9. The third-order valence-corrected chi connectivity index (χ3v) is 7.29. The average molecular weight is 417 g/mol. The maximum atomic E-state index is 12.1. The molecule has 29 heavy (non-hydrogen) atoms. The average Bonchev–Trinajstić information content (AvgIpc) is 3.15. The van der Waals surface area contributed by atoms with Crippen molar-refractivity contribution < 1.29 is 23.3 Å². The van der Waals surface area contributed by atoms with E-state index >= 15 is 0 Å². The van der Waals surface area contributed by atoms with E-state index in [0.717, 1.165) is 28.5 Å². The number of nitrogens with zero attached hydrogens (tertiary/aromatic N) is 2. The summed E-state index contributed by atoms with van der Waals surface area (Å²) in [6.45, 7) is 3.26. The smallest absolute Gasteiger partial charge is 0.264 e. The second-order valence-corrected chi connectivity index (χ2v) is 9.83. The summed E-state index contributed by atoms with van der Waals surface area (Å²) >= 11 is 0. The van der Waals surface area contributed by atoms with Crippen molar-refractivity contribution in [3.05, 3.63) is 53.9 Å². The third kappa shape index (κ3) is 4.15. The van der Waals surface area contributed by atoms with E-state index in [1.165, 1.54) is 12.4 Å². The maximum absolute atomic E-state index is 12.1. The second-order valence-electron chi connectivity index (χ2n) is 7.39. The van der Waals surface area contributed by atoms with Gasteiger partial charge in [-0.05, 0) is 42.2 Å². The van der Waals surface area contributed by atoms with Crippen LogP contribution in [0.2, 0.25) is 0 Å². The summed E-state index contributed by atoms with van der Waals surface area (Å²) in [5.41, 5.74) is 6.19. The lowest BCUT2D eigenvalue weighted by atomic mass is 9.95. The number of benzene rings is 1. The highest BCUT2D eigenvalue weighted by Crippen LogP contribution is 2.30. The highest BCUT2D eigenvalue weighted by molar-refractivity contribution is 7.92. The number of sulfone groups is 1. The number of aryl methyl sites for hydroxylation is 1. The molecule has 1 amide bonds. The van der Waals surface area contributed by atoms with Gasteiger partial charge in [0.05, 0.1) is 5.71 Å². The van der Waals surface area contributed by atoms with Crippen molar-refractivity contribution in [1.29, 1.82) is 0 Å². The molecular weight excluding hydrogens is 394 g/mol. The van der Waals surface area contributed by atoms with Crippen LogP contribution in [0, 0.1) is 6.92 Å². The Kier molecular flexibility index (Phi) is 5.72. The molecule has 0 fully saturated rings. The number of hydroxylamine groups is 1. The summed E-state index contributed by atoms with van der Waals surface area (Å²) < 4.78 is 22.4. The van der Waals surface area contributed by atoms with E-state index in [1.807, 2.05) is 43.5 Å². The van der Waals surface area contributed by atoms with Crippen LogP contribution in [-0.4, -0.2) is 47.3 Å². The van der Waals surface area contributed by atoms with Crippen LogP contribution < -0.4 is 5.48 Å². The number of pyridine rings is 1. The second kappa shape index (κ2) is 7.92. The minimum Gasteiger partial charge on any atom is -0.392 e. The van der Waals surface area contributed by atoms with Gasteiger partial charge in [0.15, 0.2) is 14.6 Å². The Morgan fingerprint density at radius 1 is 1.28 bits per heavy atom. The van der Waals surface area contributed by atoms with Gasteiger partial charge in [0.1, 0.15) is 6.10 Å². The largest absolute Gasteiger partial charge is 0.392 e. The molecule has 0 unspecified atom stereocenters. The summed E-state index contributed by atoms with van der Waals surface area (Å²) in [4.78, 5) is 21.5. The molecule has 1 aliphatic heterocycles. The molecule has 8 nitrogen and oxygen atoms in total. The zero-order chi connectivity index (χ0) is 21.2. The van der Waals surface area contributed by atoms with Gasteiger partial charge < -0.3 is 4.84 Å². The molecule has 2 atom stereocenters. The minimum atomic E-state index is -3.79. The normalized spacial score (nSPS) is 18.5.